The Labute approximate surface area is 181 Å². The van der Waals surface area contributed by atoms with E-state index in [2.05, 4.69) is 48.1 Å². The molecule has 0 amide bonds. The van der Waals surface area contributed by atoms with Crippen molar-refractivity contribution in [2.45, 2.75) is 106 Å². The van der Waals surface area contributed by atoms with Gasteiger partial charge in [0.15, 0.2) is 0 Å². The van der Waals surface area contributed by atoms with Crippen LogP contribution in [0.5, 0.6) is 0 Å². The van der Waals surface area contributed by atoms with Crippen molar-refractivity contribution in [2.24, 2.45) is 57.7 Å². The summed E-state index contributed by atoms with van der Waals surface area (Å²) in [6, 6.07) is 0. The largest absolute Gasteiger partial charge is 0.0998 e. The average Bonchev–Trinajstić information content (AvgIpc) is 3.05. The van der Waals surface area contributed by atoms with Crippen LogP contribution >= 0.6 is 0 Å². The molecule has 0 aromatic heterocycles. The first kappa shape index (κ1) is 20.6. The molecule has 29 heavy (non-hydrogen) atoms. The highest BCUT2D eigenvalue weighted by molar-refractivity contribution is 5.33. The molecule has 8 atom stereocenters. The summed E-state index contributed by atoms with van der Waals surface area (Å²) in [5, 5.41) is 0. The molecule has 0 bridgehead atoms. The highest BCUT2D eigenvalue weighted by Crippen LogP contribution is 2.77. The highest BCUT2D eigenvalue weighted by Gasteiger charge is 2.70. The summed E-state index contributed by atoms with van der Waals surface area (Å²) < 4.78 is 0. The van der Waals surface area contributed by atoms with Gasteiger partial charge < -0.3 is 0 Å². The minimum Gasteiger partial charge on any atom is -0.0998 e. The summed E-state index contributed by atoms with van der Waals surface area (Å²) in [4.78, 5) is 0. The standard InChI is InChI=1S/C29H47/c1-18(2)23-16-17-25-27(3,4)28(5,6)26-22-13-12-19-10-8-9-11-20(19)21(22)14-15-24(26)29(23,25)7/h19-24,26H,1,8-17H2,2-7H3. The molecule has 5 aliphatic rings. The molecule has 0 N–H and O–H groups in total. The van der Waals surface area contributed by atoms with Gasteiger partial charge in [0.05, 0.1) is 0 Å². The van der Waals surface area contributed by atoms with Gasteiger partial charge in [-0.15, -0.1) is 0 Å². The van der Waals surface area contributed by atoms with Crippen molar-refractivity contribution >= 4 is 0 Å². The van der Waals surface area contributed by atoms with Crippen LogP contribution in [-0.2, 0) is 0 Å². The van der Waals surface area contributed by atoms with E-state index >= 15 is 0 Å². The van der Waals surface area contributed by atoms with Gasteiger partial charge in [0.1, 0.15) is 0 Å². The number of rotatable bonds is 1. The molecule has 163 valence electrons. The smallest absolute Gasteiger partial charge is 0.0111 e. The van der Waals surface area contributed by atoms with Crippen molar-refractivity contribution in [1.82, 2.24) is 0 Å². The lowest BCUT2D eigenvalue weighted by Crippen LogP contribution is -2.64. The molecule has 0 heterocycles. The summed E-state index contributed by atoms with van der Waals surface area (Å²) >= 11 is 0. The van der Waals surface area contributed by atoms with E-state index in [1.807, 2.05) is 5.92 Å². The van der Waals surface area contributed by atoms with Gasteiger partial charge in [-0.25, -0.2) is 0 Å². The van der Waals surface area contributed by atoms with Crippen LogP contribution in [0.25, 0.3) is 0 Å². The molecular formula is C29H47. The second-order valence-electron chi connectivity index (χ2n) is 13.4. The van der Waals surface area contributed by atoms with Crippen LogP contribution in [0.1, 0.15) is 106 Å². The normalized spacial score (nSPS) is 50.8. The van der Waals surface area contributed by atoms with E-state index in [1.54, 1.807) is 19.3 Å². The fourth-order valence-electron chi connectivity index (χ4n) is 10.6. The molecule has 5 aliphatic carbocycles. The zero-order valence-electron chi connectivity index (χ0n) is 20.3. The van der Waals surface area contributed by atoms with E-state index in [9.17, 15) is 0 Å². The Kier molecular flexibility index (Phi) is 4.71. The molecule has 0 nitrogen and oxygen atoms in total. The Hall–Kier alpha value is -0.260. The molecular weight excluding hydrogens is 348 g/mol. The lowest BCUT2D eigenvalue weighted by Gasteiger charge is -2.70. The van der Waals surface area contributed by atoms with E-state index in [4.69, 9.17) is 0 Å². The average molecular weight is 396 g/mol. The lowest BCUT2D eigenvalue weighted by atomic mass is 9.34. The maximum atomic E-state index is 4.52. The molecule has 0 heteroatoms. The summed E-state index contributed by atoms with van der Waals surface area (Å²) in [6.07, 6.45) is 15.0. The Morgan fingerprint density at radius 1 is 0.793 bits per heavy atom. The van der Waals surface area contributed by atoms with Crippen LogP contribution in [-0.4, -0.2) is 0 Å². The zero-order valence-corrected chi connectivity index (χ0v) is 20.3. The molecule has 0 spiro atoms. The first-order chi connectivity index (χ1) is 13.6. The minimum atomic E-state index is 0.346. The van der Waals surface area contributed by atoms with Gasteiger partial charge in [-0.05, 0) is 115 Å². The second-order valence-corrected chi connectivity index (χ2v) is 13.4. The van der Waals surface area contributed by atoms with Gasteiger partial charge in [-0.2, -0.15) is 0 Å². The van der Waals surface area contributed by atoms with Gasteiger partial charge in [-0.1, -0.05) is 66.0 Å². The third-order valence-corrected chi connectivity index (χ3v) is 12.3. The Morgan fingerprint density at radius 3 is 2.21 bits per heavy atom. The Morgan fingerprint density at radius 2 is 1.48 bits per heavy atom. The molecule has 0 aliphatic heterocycles. The first-order valence-corrected chi connectivity index (χ1v) is 13.1. The van der Waals surface area contributed by atoms with Gasteiger partial charge in [0.25, 0.3) is 0 Å². The number of allylic oxidation sites excluding steroid dienone is 1. The monoisotopic (exact) mass is 395 g/mol. The van der Waals surface area contributed by atoms with Crippen molar-refractivity contribution in [3.63, 3.8) is 0 Å². The third-order valence-electron chi connectivity index (χ3n) is 12.3. The SMILES string of the molecule is C=C(C)C1CC[C]2C1(C)C1CCC3C4CCCCC4CCC3C1C(C)(C)C2(C)C. The molecule has 0 aromatic rings. The predicted molar refractivity (Wildman–Crippen MR) is 124 cm³/mol. The fourth-order valence-corrected chi connectivity index (χ4v) is 10.6. The quantitative estimate of drug-likeness (QED) is 0.390. The molecule has 5 saturated carbocycles. The first-order valence-electron chi connectivity index (χ1n) is 13.1. The van der Waals surface area contributed by atoms with E-state index in [-0.39, 0.29) is 0 Å². The molecule has 5 fully saturated rings. The van der Waals surface area contributed by atoms with Crippen molar-refractivity contribution < 1.29 is 0 Å². The molecule has 1 radical (unpaired) electrons. The number of fused-ring (bicyclic) bond motifs is 7. The van der Waals surface area contributed by atoms with Crippen LogP contribution in [0.2, 0.25) is 0 Å². The topological polar surface area (TPSA) is 0 Å². The molecule has 0 saturated heterocycles. The van der Waals surface area contributed by atoms with Crippen molar-refractivity contribution in [3.8, 4) is 0 Å². The van der Waals surface area contributed by atoms with Gasteiger partial charge >= 0.3 is 0 Å². The summed E-state index contributed by atoms with van der Waals surface area (Å²) in [5.74, 6) is 8.64. The number of hydrogen-bond acceptors (Lipinski definition) is 0. The summed E-state index contributed by atoms with van der Waals surface area (Å²) in [5.41, 5.74) is 2.64. The van der Waals surface area contributed by atoms with Crippen molar-refractivity contribution in [2.75, 3.05) is 0 Å². The van der Waals surface area contributed by atoms with Gasteiger partial charge in [0.2, 0.25) is 0 Å². The summed E-state index contributed by atoms with van der Waals surface area (Å²) in [7, 11) is 0. The predicted octanol–water partition coefficient (Wildman–Crippen LogP) is 8.48. The summed E-state index contributed by atoms with van der Waals surface area (Å²) in [6.45, 7) is 20.2. The molecule has 5 rings (SSSR count). The second kappa shape index (κ2) is 6.62. The van der Waals surface area contributed by atoms with Crippen LogP contribution in [0.3, 0.4) is 0 Å². The van der Waals surface area contributed by atoms with E-state index in [1.165, 1.54) is 50.5 Å². The van der Waals surface area contributed by atoms with Crippen molar-refractivity contribution in [1.29, 1.82) is 0 Å². The Bertz CT molecular complexity index is 668. The maximum absolute atomic E-state index is 4.52. The minimum absolute atomic E-state index is 0.346. The van der Waals surface area contributed by atoms with Gasteiger partial charge in [-0.3, -0.25) is 0 Å². The lowest BCUT2D eigenvalue weighted by molar-refractivity contribution is -0.173. The maximum Gasteiger partial charge on any atom is -0.0111 e. The van der Waals surface area contributed by atoms with Crippen LogP contribution < -0.4 is 0 Å². The zero-order chi connectivity index (χ0) is 20.8. The fraction of sp³-hybridized carbons (Fsp3) is 0.897. The molecule has 0 aromatic carbocycles. The third kappa shape index (κ3) is 2.56. The highest BCUT2D eigenvalue weighted by atomic mass is 14.7. The van der Waals surface area contributed by atoms with E-state index < -0.39 is 0 Å². The van der Waals surface area contributed by atoms with Crippen LogP contribution in [0.4, 0.5) is 0 Å². The van der Waals surface area contributed by atoms with Crippen LogP contribution in [0, 0.1) is 63.6 Å². The van der Waals surface area contributed by atoms with Crippen LogP contribution in [0.15, 0.2) is 12.2 Å². The van der Waals surface area contributed by atoms with Crippen molar-refractivity contribution in [3.05, 3.63) is 18.1 Å². The van der Waals surface area contributed by atoms with E-state index in [0.717, 1.165) is 41.4 Å². The molecule has 8 unspecified atom stereocenters. The Balaban J connectivity index is 1.58. The van der Waals surface area contributed by atoms with E-state index in [0.29, 0.717) is 16.2 Å². The van der Waals surface area contributed by atoms with Gasteiger partial charge in [0, 0.05) is 0 Å². The number of hydrogen-bond donors (Lipinski definition) is 0.